The molecule has 0 radical (unpaired) electrons. The molecule has 0 unspecified atom stereocenters. The molecule has 108 valence electrons. The van der Waals surface area contributed by atoms with Gasteiger partial charge >= 0.3 is 0 Å². The first-order valence-electron chi connectivity index (χ1n) is 6.89. The normalized spacial score (nSPS) is 11.1. The highest BCUT2D eigenvalue weighted by Gasteiger charge is 2.05. The van der Waals surface area contributed by atoms with Crippen molar-refractivity contribution in [3.05, 3.63) is 42.0 Å². The fourth-order valence-corrected chi connectivity index (χ4v) is 1.86. The van der Waals surface area contributed by atoms with Crippen molar-refractivity contribution < 1.29 is 9.53 Å². The van der Waals surface area contributed by atoms with Crippen molar-refractivity contribution >= 4 is 17.5 Å². The number of carbonyl (C=O) groups is 1. The molecule has 1 aromatic rings. The van der Waals surface area contributed by atoms with Crippen LogP contribution in [0, 0.1) is 0 Å². The summed E-state index contributed by atoms with van der Waals surface area (Å²) in [5.41, 5.74) is 2.67. The standard InChI is InChI=1S/C17H23NO2/c1-5-7-16(19)13(3)11-14-8-9-17(20-10-6-2)15(12-14)18-4/h6,8-9,11-12,18H,2,5,7,10H2,1,3-4H3. The molecule has 0 heterocycles. The summed E-state index contributed by atoms with van der Waals surface area (Å²) >= 11 is 0. The van der Waals surface area contributed by atoms with Crippen LogP contribution in [0.25, 0.3) is 6.08 Å². The Morgan fingerprint density at radius 1 is 1.45 bits per heavy atom. The zero-order chi connectivity index (χ0) is 15.0. The third-order valence-electron chi connectivity index (χ3n) is 2.93. The van der Waals surface area contributed by atoms with Crippen LogP contribution in [0.5, 0.6) is 5.75 Å². The highest BCUT2D eigenvalue weighted by Crippen LogP contribution is 2.26. The SMILES string of the molecule is C=CCOc1ccc(C=C(C)C(=O)CCC)cc1NC. The molecule has 20 heavy (non-hydrogen) atoms. The largest absolute Gasteiger partial charge is 0.487 e. The average molecular weight is 273 g/mol. The summed E-state index contributed by atoms with van der Waals surface area (Å²) < 4.78 is 5.55. The van der Waals surface area contributed by atoms with Gasteiger partial charge in [-0.2, -0.15) is 0 Å². The number of anilines is 1. The lowest BCUT2D eigenvalue weighted by Crippen LogP contribution is -2.00. The predicted molar refractivity (Wildman–Crippen MR) is 85.2 cm³/mol. The van der Waals surface area contributed by atoms with E-state index >= 15 is 0 Å². The monoisotopic (exact) mass is 273 g/mol. The molecule has 0 aliphatic carbocycles. The fraction of sp³-hybridized carbons (Fsp3) is 0.353. The van der Waals surface area contributed by atoms with Gasteiger partial charge in [-0.1, -0.05) is 25.6 Å². The number of Topliss-reactive ketones (excluding diaryl/α,β-unsaturated/α-hetero) is 1. The molecule has 0 aliphatic rings. The number of ether oxygens (including phenoxy) is 1. The van der Waals surface area contributed by atoms with Crippen LogP contribution in [0.15, 0.2) is 36.4 Å². The van der Waals surface area contributed by atoms with Gasteiger partial charge in [0.15, 0.2) is 5.78 Å². The molecule has 3 nitrogen and oxygen atoms in total. The summed E-state index contributed by atoms with van der Waals surface area (Å²) in [5.74, 6) is 0.979. The Balaban J connectivity index is 2.94. The van der Waals surface area contributed by atoms with Crippen LogP contribution in [0.3, 0.4) is 0 Å². The summed E-state index contributed by atoms with van der Waals surface area (Å²) in [7, 11) is 1.85. The summed E-state index contributed by atoms with van der Waals surface area (Å²) in [5, 5.41) is 3.10. The van der Waals surface area contributed by atoms with Gasteiger partial charge in [0.25, 0.3) is 0 Å². The Labute approximate surface area is 121 Å². The minimum Gasteiger partial charge on any atom is -0.487 e. The highest BCUT2D eigenvalue weighted by atomic mass is 16.5. The molecule has 1 aromatic carbocycles. The van der Waals surface area contributed by atoms with E-state index in [1.165, 1.54) is 0 Å². The van der Waals surface area contributed by atoms with Crippen molar-refractivity contribution in [3.8, 4) is 5.75 Å². The van der Waals surface area contributed by atoms with Gasteiger partial charge in [0.1, 0.15) is 12.4 Å². The summed E-state index contributed by atoms with van der Waals surface area (Å²) in [6.45, 7) is 7.97. The topological polar surface area (TPSA) is 38.3 Å². The lowest BCUT2D eigenvalue weighted by Gasteiger charge is -2.11. The van der Waals surface area contributed by atoms with Crippen LogP contribution in [0.4, 0.5) is 5.69 Å². The van der Waals surface area contributed by atoms with E-state index in [0.717, 1.165) is 29.0 Å². The number of carbonyl (C=O) groups excluding carboxylic acids is 1. The molecule has 0 saturated heterocycles. The molecule has 0 atom stereocenters. The molecule has 0 fully saturated rings. The lowest BCUT2D eigenvalue weighted by molar-refractivity contribution is -0.115. The van der Waals surface area contributed by atoms with Gasteiger partial charge < -0.3 is 10.1 Å². The number of nitrogens with one attached hydrogen (secondary N) is 1. The van der Waals surface area contributed by atoms with Crippen molar-refractivity contribution in [1.29, 1.82) is 0 Å². The van der Waals surface area contributed by atoms with E-state index in [-0.39, 0.29) is 5.78 Å². The molecular weight excluding hydrogens is 250 g/mol. The quantitative estimate of drug-likeness (QED) is 0.573. The minimum atomic E-state index is 0.200. The molecule has 1 rings (SSSR count). The van der Waals surface area contributed by atoms with E-state index in [4.69, 9.17) is 4.74 Å². The fourth-order valence-electron chi connectivity index (χ4n) is 1.86. The van der Waals surface area contributed by atoms with E-state index in [9.17, 15) is 4.79 Å². The first-order chi connectivity index (χ1) is 9.62. The zero-order valence-electron chi connectivity index (χ0n) is 12.5. The first kappa shape index (κ1) is 16.0. The van der Waals surface area contributed by atoms with Crippen LogP contribution in [-0.4, -0.2) is 19.4 Å². The van der Waals surface area contributed by atoms with Crippen LogP contribution >= 0.6 is 0 Å². The van der Waals surface area contributed by atoms with Gasteiger partial charge in [-0.3, -0.25) is 4.79 Å². The highest BCUT2D eigenvalue weighted by molar-refractivity contribution is 5.99. The van der Waals surface area contributed by atoms with Gasteiger partial charge in [0, 0.05) is 13.5 Å². The molecular formula is C17H23NO2. The third kappa shape index (κ3) is 4.57. The van der Waals surface area contributed by atoms with E-state index < -0.39 is 0 Å². The van der Waals surface area contributed by atoms with Crippen molar-refractivity contribution in [2.75, 3.05) is 19.0 Å². The number of rotatable bonds is 8. The van der Waals surface area contributed by atoms with E-state index in [1.54, 1.807) is 6.08 Å². The second-order valence-electron chi connectivity index (χ2n) is 4.61. The molecule has 1 N–H and O–H groups in total. The molecule has 0 aliphatic heterocycles. The van der Waals surface area contributed by atoms with E-state index in [0.29, 0.717) is 13.0 Å². The Hall–Kier alpha value is -2.03. The van der Waals surface area contributed by atoms with Crippen molar-refractivity contribution in [1.82, 2.24) is 0 Å². The molecule has 0 amide bonds. The van der Waals surface area contributed by atoms with Gasteiger partial charge in [0.05, 0.1) is 5.69 Å². The second-order valence-corrected chi connectivity index (χ2v) is 4.61. The molecule has 0 saturated carbocycles. The van der Waals surface area contributed by atoms with Crippen LogP contribution < -0.4 is 10.1 Å². The maximum atomic E-state index is 11.8. The van der Waals surface area contributed by atoms with Gasteiger partial charge in [0.2, 0.25) is 0 Å². The smallest absolute Gasteiger partial charge is 0.158 e. The summed E-state index contributed by atoms with van der Waals surface area (Å²) in [6.07, 6.45) is 5.10. The van der Waals surface area contributed by atoms with Gasteiger partial charge in [-0.05, 0) is 42.7 Å². The maximum absolute atomic E-state index is 11.8. The molecule has 3 heteroatoms. The van der Waals surface area contributed by atoms with E-state index in [2.05, 4.69) is 11.9 Å². The van der Waals surface area contributed by atoms with Crippen LogP contribution in [-0.2, 0) is 4.79 Å². The van der Waals surface area contributed by atoms with Crippen LogP contribution in [0.2, 0.25) is 0 Å². The van der Waals surface area contributed by atoms with Crippen LogP contribution in [0.1, 0.15) is 32.3 Å². The predicted octanol–water partition coefficient (Wildman–Crippen LogP) is 4.07. The van der Waals surface area contributed by atoms with E-state index in [1.807, 2.05) is 45.2 Å². The maximum Gasteiger partial charge on any atom is 0.158 e. The Kier molecular flexibility index (Phi) is 6.57. The Morgan fingerprint density at radius 3 is 2.80 bits per heavy atom. The Bertz CT molecular complexity index is 504. The molecule has 0 bridgehead atoms. The Morgan fingerprint density at radius 2 is 2.20 bits per heavy atom. The molecule has 0 spiro atoms. The van der Waals surface area contributed by atoms with Gasteiger partial charge in [-0.25, -0.2) is 0 Å². The molecule has 0 aromatic heterocycles. The number of allylic oxidation sites excluding steroid dienone is 1. The second kappa shape index (κ2) is 8.20. The lowest BCUT2D eigenvalue weighted by atomic mass is 10.0. The third-order valence-corrected chi connectivity index (χ3v) is 2.93. The summed E-state index contributed by atoms with van der Waals surface area (Å²) in [4.78, 5) is 11.8. The summed E-state index contributed by atoms with van der Waals surface area (Å²) in [6, 6.07) is 5.82. The van der Waals surface area contributed by atoms with Gasteiger partial charge in [-0.15, -0.1) is 0 Å². The minimum absolute atomic E-state index is 0.200. The first-order valence-corrected chi connectivity index (χ1v) is 6.89. The number of ketones is 1. The number of benzene rings is 1. The van der Waals surface area contributed by atoms with Crippen molar-refractivity contribution in [2.45, 2.75) is 26.7 Å². The average Bonchev–Trinajstić information content (AvgIpc) is 2.45. The number of hydrogen-bond donors (Lipinski definition) is 1. The number of hydrogen-bond acceptors (Lipinski definition) is 3. The van der Waals surface area contributed by atoms with Crippen molar-refractivity contribution in [2.24, 2.45) is 0 Å². The van der Waals surface area contributed by atoms with Crippen molar-refractivity contribution in [3.63, 3.8) is 0 Å². The zero-order valence-corrected chi connectivity index (χ0v) is 12.5.